The summed E-state index contributed by atoms with van der Waals surface area (Å²) in [6.45, 7) is 0.834. The van der Waals surface area contributed by atoms with Crippen molar-refractivity contribution in [2.45, 2.75) is 12.6 Å². The molecule has 0 saturated heterocycles. The second kappa shape index (κ2) is 7.49. The van der Waals surface area contributed by atoms with Crippen LogP contribution in [0.5, 0.6) is 5.75 Å². The molecule has 0 heterocycles. The molecule has 0 bridgehead atoms. The van der Waals surface area contributed by atoms with Crippen LogP contribution in [0.1, 0.15) is 6.92 Å². The highest BCUT2D eigenvalue weighted by Gasteiger charge is 2.49. The summed E-state index contributed by atoms with van der Waals surface area (Å²) in [5, 5.41) is 22.3. The molecule has 11 nitrogen and oxygen atoms in total. The van der Waals surface area contributed by atoms with Gasteiger partial charge in [-0.3, -0.25) is 19.5 Å². The number of nitrogens with zero attached hydrogens (tertiary/aromatic N) is 1. The number of nitrogens with one attached hydrogen (secondary N) is 1. The minimum atomic E-state index is -5.28. The number of aliphatic hydroxyl groups is 1. The number of nitro benzene ring substituents is 1. The summed E-state index contributed by atoms with van der Waals surface area (Å²) < 4.78 is 20.7. The van der Waals surface area contributed by atoms with E-state index < -0.39 is 30.7 Å². The van der Waals surface area contributed by atoms with Crippen LogP contribution in [0.3, 0.4) is 0 Å². The zero-order valence-corrected chi connectivity index (χ0v) is 12.8. The van der Waals surface area contributed by atoms with Crippen LogP contribution in [0, 0.1) is 10.1 Å². The Bertz CT molecular complexity index is 614. The van der Waals surface area contributed by atoms with E-state index in [1.165, 1.54) is 6.92 Å². The van der Waals surface area contributed by atoms with Crippen molar-refractivity contribution >= 4 is 19.3 Å². The van der Waals surface area contributed by atoms with Crippen molar-refractivity contribution in [3.8, 4) is 5.75 Å². The molecule has 0 radical (unpaired) electrons. The molecule has 23 heavy (non-hydrogen) atoms. The zero-order valence-electron chi connectivity index (χ0n) is 11.9. The van der Waals surface area contributed by atoms with E-state index in [1.807, 2.05) is 5.32 Å². The monoisotopic (exact) mass is 350 g/mol. The number of carbonyl (C=O) groups is 1. The highest BCUT2D eigenvalue weighted by atomic mass is 31.2. The number of benzene rings is 1. The largest absolute Gasteiger partial charge is 0.465 e. The average molecular weight is 350 g/mol. The lowest BCUT2D eigenvalue weighted by molar-refractivity contribution is -0.384. The first-order valence-corrected chi connectivity index (χ1v) is 7.82. The minimum Gasteiger partial charge on any atom is -0.465 e. The lowest BCUT2D eigenvalue weighted by atomic mass is 10.3. The normalized spacial score (nSPS) is 13.9. The third kappa shape index (κ3) is 5.27. The van der Waals surface area contributed by atoms with Gasteiger partial charge in [-0.15, -0.1) is 0 Å². The van der Waals surface area contributed by atoms with E-state index >= 15 is 0 Å². The molecule has 0 fully saturated rings. The summed E-state index contributed by atoms with van der Waals surface area (Å²) in [6.07, 6.45) is 0. The molecular weight excluding hydrogens is 335 g/mol. The van der Waals surface area contributed by atoms with Gasteiger partial charge in [-0.25, -0.2) is 5.32 Å². The fourth-order valence-corrected chi connectivity index (χ4v) is 1.91. The number of rotatable bonds is 8. The Morgan fingerprint density at radius 1 is 1.39 bits per heavy atom. The Morgan fingerprint density at radius 2 is 1.96 bits per heavy atom. The van der Waals surface area contributed by atoms with Crippen LogP contribution in [-0.2, 0) is 14.1 Å². The van der Waals surface area contributed by atoms with E-state index in [0.29, 0.717) is 0 Å². The summed E-state index contributed by atoms with van der Waals surface area (Å²) in [5.74, 6) is -1.13. The summed E-state index contributed by atoms with van der Waals surface area (Å²) in [7, 11) is -5.28. The van der Waals surface area contributed by atoms with Crippen molar-refractivity contribution in [2.75, 3.05) is 13.2 Å². The van der Waals surface area contributed by atoms with Gasteiger partial charge < -0.3 is 24.4 Å². The van der Waals surface area contributed by atoms with Gasteiger partial charge in [0.2, 0.25) is 0 Å². The molecule has 1 aromatic carbocycles. The smallest absolute Gasteiger partial charge is 0.414 e. The Labute approximate surface area is 130 Å². The van der Waals surface area contributed by atoms with Gasteiger partial charge in [-0.2, -0.15) is 0 Å². The van der Waals surface area contributed by atoms with Crippen LogP contribution < -0.4 is 10.1 Å². The first-order chi connectivity index (χ1) is 10.6. The summed E-state index contributed by atoms with van der Waals surface area (Å²) in [5.41, 5.74) is -3.48. The van der Waals surface area contributed by atoms with Gasteiger partial charge >= 0.3 is 19.2 Å². The number of ether oxygens (including phenoxy) is 2. The van der Waals surface area contributed by atoms with E-state index in [0.717, 1.165) is 24.3 Å². The molecular formula is C11H15N2O9P. The second-order valence-electron chi connectivity index (χ2n) is 4.16. The van der Waals surface area contributed by atoms with E-state index in [-0.39, 0.29) is 18.0 Å². The predicted molar refractivity (Wildman–Crippen MR) is 75.4 cm³/mol. The van der Waals surface area contributed by atoms with Gasteiger partial charge in [0.25, 0.3) is 5.69 Å². The topological polar surface area (TPSA) is 168 Å². The standard InChI is InChI=1S/C11H15N2O9P/c1-2-21-10(14)7-12-11(15,23(18,19)20)22-9-5-3-8(4-6-9)13(16)17/h3-6,12,15H,2,7H2,1H3,(H2,18,19,20). The Balaban J connectivity index is 2.91. The quantitative estimate of drug-likeness (QED) is 0.163. The van der Waals surface area contributed by atoms with Crippen LogP contribution in [0.15, 0.2) is 24.3 Å². The first-order valence-electron chi connectivity index (χ1n) is 6.21. The van der Waals surface area contributed by atoms with Crippen LogP contribution in [0.4, 0.5) is 5.69 Å². The highest BCUT2D eigenvalue weighted by molar-refractivity contribution is 7.53. The number of hydrogen-bond acceptors (Lipinski definition) is 8. The van der Waals surface area contributed by atoms with Gasteiger partial charge in [0.15, 0.2) is 0 Å². The van der Waals surface area contributed by atoms with E-state index in [9.17, 15) is 34.4 Å². The first kappa shape index (κ1) is 19.0. The minimum absolute atomic E-state index is 0.0397. The molecule has 128 valence electrons. The lowest BCUT2D eigenvalue weighted by Crippen LogP contribution is -2.52. The molecule has 12 heteroatoms. The van der Waals surface area contributed by atoms with Gasteiger partial charge in [0.05, 0.1) is 11.5 Å². The van der Waals surface area contributed by atoms with Crippen molar-refractivity contribution in [3.63, 3.8) is 0 Å². The molecule has 1 atom stereocenters. The fourth-order valence-electron chi connectivity index (χ4n) is 1.40. The van der Waals surface area contributed by atoms with E-state index in [2.05, 4.69) is 4.74 Å². The van der Waals surface area contributed by atoms with Gasteiger partial charge in [0.1, 0.15) is 12.3 Å². The summed E-state index contributed by atoms with van der Waals surface area (Å²) >= 11 is 0. The maximum Gasteiger partial charge on any atom is 0.414 e. The number of nitro groups is 1. The van der Waals surface area contributed by atoms with Gasteiger partial charge in [0, 0.05) is 12.1 Å². The molecule has 1 aromatic rings. The number of non-ortho nitro benzene ring substituents is 1. The van der Waals surface area contributed by atoms with Gasteiger partial charge in [-0.1, -0.05) is 0 Å². The Kier molecular flexibility index (Phi) is 6.19. The number of esters is 1. The zero-order chi connectivity index (χ0) is 17.7. The molecule has 1 unspecified atom stereocenters. The average Bonchev–Trinajstić information content (AvgIpc) is 2.45. The Hall–Kier alpha value is -2.04. The summed E-state index contributed by atoms with van der Waals surface area (Å²) in [6, 6.07) is 4.09. The van der Waals surface area contributed by atoms with Gasteiger partial charge in [-0.05, 0) is 19.1 Å². The third-order valence-electron chi connectivity index (χ3n) is 2.47. The molecule has 0 amide bonds. The fraction of sp³-hybridized carbons (Fsp3) is 0.364. The van der Waals surface area contributed by atoms with E-state index in [4.69, 9.17) is 4.74 Å². The number of hydrogen-bond donors (Lipinski definition) is 4. The van der Waals surface area contributed by atoms with Crippen LogP contribution >= 0.6 is 7.60 Å². The maximum absolute atomic E-state index is 11.4. The van der Waals surface area contributed by atoms with Crippen molar-refractivity contribution in [2.24, 2.45) is 0 Å². The molecule has 0 saturated carbocycles. The summed E-state index contributed by atoms with van der Waals surface area (Å²) in [4.78, 5) is 39.4. The molecule has 0 aliphatic heterocycles. The van der Waals surface area contributed by atoms with Crippen LogP contribution in [0.2, 0.25) is 0 Å². The third-order valence-corrected chi connectivity index (χ3v) is 3.51. The van der Waals surface area contributed by atoms with Crippen molar-refractivity contribution in [1.82, 2.24) is 5.32 Å². The van der Waals surface area contributed by atoms with Crippen molar-refractivity contribution < 1.29 is 38.6 Å². The lowest BCUT2D eigenvalue weighted by Gasteiger charge is -2.29. The molecule has 0 aromatic heterocycles. The van der Waals surface area contributed by atoms with Crippen molar-refractivity contribution in [1.29, 1.82) is 0 Å². The molecule has 1 rings (SSSR count). The van der Waals surface area contributed by atoms with Crippen molar-refractivity contribution in [3.05, 3.63) is 34.4 Å². The SMILES string of the molecule is CCOC(=O)CNC(O)(Oc1ccc([N+](=O)[O-])cc1)P(=O)(O)O. The van der Waals surface area contributed by atoms with Crippen LogP contribution in [0.25, 0.3) is 0 Å². The number of carbonyl (C=O) groups excluding carboxylic acids is 1. The highest BCUT2D eigenvalue weighted by Crippen LogP contribution is 2.47. The van der Waals surface area contributed by atoms with Crippen LogP contribution in [-0.4, -0.2) is 44.6 Å². The molecule has 0 aliphatic rings. The molecule has 0 spiro atoms. The van der Waals surface area contributed by atoms with E-state index in [1.54, 1.807) is 0 Å². The maximum atomic E-state index is 11.4. The second-order valence-corrected chi connectivity index (χ2v) is 5.86. The predicted octanol–water partition coefficient (Wildman–Crippen LogP) is -0.0924. The molecule has 0 aliphatic carbocycles. The Morgan fingerprint density at radius 3 is 2.39 bits per heavy atom. The molecule has 4 N–H and O–H groups in total.